The van der Waals surface area contributed by atoms with Crippen molar-refractivity contribution < 1.29 is 19.1 Å². The summed E-state index contributed by atoms with van der Waals surface area (Å²) in [6.07, 6.45) is 0. The number of benzene rings is 1. The number of amides is 3. The Hall–Kier alpha value is -3.20. The number of hydrogen-bond donors (Lipinski definition) is 2. The van der Waals surface area contributed by atoms with Gasteiger partial charge in [0.1, 0.15) is 9.71 Å². The first-order valence-corrected chi connectivity index (χ1v) is 9.34. The summed E-state index contributed by atoms with van der Waals surface area (Å²) in [5.74, 6) is -1.33. The highest BCUT2D eigenvalue weighted by Gasteiger charge is 2.18. The molecule has 146 valence electrons. The van der Waals surface area contributed by atoms with Crippen LogP contribution in [0.2, 0.25) is 0 Å². The Morgan fingerprint density at radius 1 is 1.14 bits per heavy atom. The summed E-state index contributed by atoms with van der Waals surface area (Å²) in [5.41, 5.74) is 3.50. The van der Waals surface area contributed by atoms with Crippen molar-refractivity contribution in [3.05, 3.63) is 46.0 Å². The SMILES string of the molecule is Cc1ccc(NC(=O)NC(=O)COC(=O)c2cc3c(C)nn(C)c3s2)cc1C. The van der Waals surface area contributed by atoms with Crippen molar-refractivity contribution in [3.63, 3.8) is 0 Å². The maximum atomic E-state index is 12.2. The van der Waals surface area contributed by atoms with Gasteiger partial charge < -0.3 is 10.1 Å². The van der Waals surface area contributed by atoms with Gasteiger partial charge in [0, 0.05) is 18.1 Å². The Balaban J connectivity index is 1.52. The van der Waals surface area contributed by atoms with Crippen LogP contribution >= 0.6 is 11.3 Å². The molecule has 0 bridgehead atoms. The molecule has 0 unspecified atom stereocenters. The Kier molecular flexibility index (Phi) is 5.46. The number of hydrogen-bond acceptors (Lipinski definition) is 6. The lowest BCUT2D eigenvalue weighted by Crippen LogP contribution is -2.37. The zero-order chi connectivity index (χ0) is 20.4. The average Bonchev–Trinajstić information content (AvgIpc) is 3.18. The molecule has 0 atom stereocenters. The number of urea groups is 1. The zero-order valence-corrected chi connectivity index (χ0v) is 16.8. The smallest absolute Gasteiger partial charge is 0.348 e. The van der Waals surface area contributed by atoms with Gasteiger partial charge in [-0.15, -0.1) is 11.3 Å². The highest BCUT2D eigenvalue weighted by molar-refractivity contribution is 7.20. The lowest BCUT2D eigenvalue weighted by molar-refractivity contribution is -0.123. The van der Waals surface area contributed by atoms with Gasteiger partial charge in [0.05, 0.1) is 5.69 Å². The minimum atomic E-state index is -0.714. The lowest BCUT2D eigenvalue weighted by atomic mass is 10.1. The summed E-state index contributed by atoms with van der Waals surface area (Å²) in [7, 11) is 1.79. The van der Waals surface area contributed by atoms with E-state index in [0.717, 1.165) is 27.0 Å². The third-order valence-electron chi connectivity index (χ3n) is 4.25. The van der Waals surface area contributed by atoms with Crippen LogP contribution < -0.4 is 10.6 Å². The zero-order valence-electron chi connectivity index (χ0n) is 16.0. The van der Waals surface area contributed by atoms with Crippen molar-refractivity contribution in [2.75, 3.05) is 11.9 Å². The quantitative estimate of drug-likeness (QED) is 0.655. The van der Waals surface area contributed by atoms with Crippen molar-refractivity contribution in [1.29, 1.82) is 0 Å². The number of ether oxygens (including phenoxy) is 1. The molecular weight excluding hydrogens is 380 g/mol. The fourth-order valence-electron chi connectivity index (χ4n) is 2.65. The van der Waals surface area contributed by atoms with Crippen LogP contribution in [-0.2, 0) is 16.6 Å². The fraction of sp³-hybridized carbons (Fsp3) is 0.263. The molecule has 2 N–H and O–H groups in total. The number of anilines is 1. The van der Waals surface area contributed by atoms with E-state index in [1.54, 1.807) is 29.9 Å². The molecule has 2 heterocycles. The normalized spacial score (nSPS) is 10.7. The largest absolute Gasteiger partial charge is 0.451 e. The number of nitrogens with zero attached hydrogens (tertiary/aromatic N) is 2. The van der Waals surface area contributed by atoms with Crippen molar-refractivity contribution in [3.8, 4) is 0 Å². The molecular formula is C19H20N4O4S. The van der Waals surface area contributed by atoms with Gasteiger partial charge in [-0.3, -0.25) is 14.8 Å². The number of carbonyl (C=O) groups excluding carboxylic acids is 3. The van der Waals surface area contributed by atoms with Gasteiger partial charge in [-0.2, -0.15) is 5.10 Å². The molecule has 0 fully saturated rings. The number of aromatic nitrogens is 2. The van der Waals surface area contributed by atoms with Crippen molar-refractivity contribution >= 4 is 45.1 Å². The summed E-state index contributed by atoms with van der Waals surface area (Å²) >= 11 is 1.24. The maximum absolute atomic E-state index is 12.2. The second-order valence-electron chi connectivity index (χ2n) is 6.42. The van der Waals surface area contributed by atoms with E-state index in [2.05, 4.69) is 15.7 Å². The number of rotatable bonds is 4. The molecule has 1 aromatic carbocycles. The van der Waals surface area contributed by atoms with Crippen LogP contribution in [0.4, 0.5) is 10.5 Å². The molecule has 2 aromatic heterocycles. The summed E-state index contributed by atoms with van der Waals surface area (Å²) < 4.78 is 6.69. The molecule has 0 spiro atoms. The van der Waals surface area contributed by atoms with Gasteiger partial charge >= 0.3 is 12.0 Å². The third kappa shape index (κ3) is 4.20. The topological polar surface area (TPSA) is 102 Å². The van der Waals surface area contributed by atoms with E-state index in [4.69, 9.17) is 4.74 Å². The number of aryl methyl sites for hydroxylation is 4. The van der Waals surface area contributed by atoms with E-state index in [-0.39, 0.29) is 0 Å². The molecule has 0 aliphatic heterocycles. The second-order valence-corrected chi connectivity index (χ2v) is 7.45. The molecule has 3 aromatic rings. The van der Waals surface area contributed by atoms with E-state index < -0.39 is 24.5 Å². The van der Waals surface area contributed by atoms with Gasteiger partial charge in [0.15, 0.2) is 6.61 Å². The Morgan fingerprint density at radius 3 is 2.57 bits per heavy atom. The summed E-state index contributed by atoms with van der Waals surface area (Å²) in [5, 5.41) is 9.84. The maximum Gasteiger partial charge on any atom is 0.348 e. The average molecular weight is 400 g/mol. The van der Waals surface area contributed by atoms with Crippen LogP contribution in [0.5, 0.6) is 0 Å². The van der Waals surface area contributed by atoms with E-state index in [9.17, 15) is 14.4 Å². The van der Waals surface area contributed by atoms with Gasteiger partial charge in [-0.05, 0) is 50.1 Å². The van der Waals surface area contributed by atoms with Crippen molar-refractivity contribution in [1.82, 2.24) is 15.1 Å². The molecule has 0 radical (unpaired) electrons. The monoisotopic (exact) mass is 400 g/mol. The van der Waals surface area contributed by atoms with Crippen molar-refractivity contribution in [2.24, 2.45) is 7.05 Å². The first-order chi connectivity index (χ1) is 13.2. The minimum Gasteiger partial charge on any atom is -0.451 e. The molecule has 0 aliphatic rings. The van der Waals surface area contributed by atoms with Crippen LogP contribution in [-0.4, -0.2) is 34.3 Å². The molecule has 0 saturated heterocycles. The molecule has 3 rings (SSSR count). The number of fused-ring (bicyclic) bond motifs is 1. The summed E-state index contributed by atoms with van der Waals surface area (Å²) in [6.45, 7) is 5.19. The van der Waals surface area contributed by atoms with Crippen LogP contribution in [0.15, 0.2) is 24.3 Å². The van der Waals surface area contributed by atoms with Crippen LogP contribution in [0, 0.1) is 20.8 Å². The third-order valence-corrected chi connectivity index (χ3v) is 5.43. The standard InChI is InChI=1S/C19H20N4O4S/c1-10-5-6-13(7-11(10)2)20-19(26)21-16(24)9-27-18(25)15-8-14-12(3)22-23(4)17(14)28-15/h5-8H,9H2,1-4H3,(H2,20,21,24,26). The predicted octanol–water partition coefficient (Wildman–Crippen LogP) is 3.07. The number of esters is 1. The Morgan fingerprint density at radius 2 is 1.89 bits per heavy atom. The number of nitrogens with one attached hydrogen (secondary N) is 2. The lowest BCUT2D eigenvalue weighted by Gasteiger charge is -2.08. The van der Waals surface area contributed by atoms with Gasteiger partial charge in [0.2, 0.25) is 0 Å². The van der Waals surface area contributed by atoms with Crippen LogP contribution in [0.25, 0.3) is 10.2 Å². The summed E-state index contributed by atoms with van der Waals surface area (Å²) in [6, 6.07) is 6.42. The Labute approximate surface area is 165 Å². The van der Waals surface area contributed by atoms with Gasteiger partial charge in [-0.1, -0.05) is 6.07 Å². The molecule has 8 nitrogen and oxygen atoms in total. The highest BCUT2D eigenvalue weighted by Crippen LogP contribution is 2.28. The van der Waals surface area contributed by atoms with E-state index in [0.29, 0.717) is 10.6 Å². The summed E-state index contributed by atoms with van der Waals surface area (Å²) in [4.78, 5) is 37.2. The van der Waals surface area contributed by atoms with E-state index >= 15 is 0 Å². The van der Waals surface area contributed by atoms with Crippen LogP contribution in [0.1, 0.15) is 26.5 Å². The second kappa shape index (κ2) is 7.81. The van der Waals surface area contributed by atoms with Gasteiger partial charge in [0.25, 0.3) is 5.91 Å². The molecule has 0 aliphatic carbocycles. The van der Waals surface area contributed by atoms with Crippen LogP contribution in [0.3, 0.4) is 0 Å². The van der Waals surface area contributed by atoms with E-state index in [1.807, 2.05) is 26.8 Å². The number of carbonyl (C=O) groups is 3. The predicted molar refractivity (Wildman–Crippen MR) is 107 cm³/mol. The van der Waals surface area contributed by atoms with Crippen molar-refractivity contribution in [2.45, 2.75) is 20.8 Å². The highest BCUT2D eigenvalue weighted by atomic mass is 32.1. The molecule has 28 heavy (non-hydrogen) atoms. The first-order valence-electron chi connectivity index (χ1n) is 8.53. The van der Waals surface area contributed by atoms with Gasteiger partial charge in [-0.25, -0.2) is 9.59 Å². The fourth-order valence-corrected chi connectivity index (χ4v) is 3.67. The number of thiophene rings is 1. The molecule has 3 amide bonds. The van der Waals surface area contributed by atoms with E-state index in [1.165, 1.54) is 11.3 Å². The first kappa shape index (κ1) is 19.6. The Bertz CT molecular complexity index is 1050. The molecule has 0 saturated carbocycles. The number of imide groups is 1. The molecule has 9 heteroatoms. The minimum absolute atomic E-state index is 0.374.